The number of aryl methyl sites for hydroxylation is 1. The first-order valence-electron chi connectivity index (χ1n) is 12.8. The summed E-state index contributed by atoms with van der Waals surface area (Å²) in [4.78, 5) is 9.87. The molecule has 3 aliphatic rings. The molecule has 1 aliphatic carbocycles. The van der Waals surface area contributed by atoms with E-state index in [1.807, 2.05) is 17.8 Å². The van der Waals surface area contributed by atoms with Gasteiger partial charge in [-0.15, -0.1) is 10.2 Å². The summed E-state index contributed by atoms with van der Waals surface area (Å²) in [5, 5.41) is 9.18. The lowest BCUT2D eigenvalue weighted by atomic mass is 9.72. The number of nitrogens with zero attached hydrogens (tertiary/aromatic N) is 6. The Balaban J connectivity index is 1.30. The maximum absolute atomic E-state index is 6.59. The Morgan fingerprint density at radius 1 is 0.972 bits per heavy atom. The fraction of sp³-hybridized carbons (Fsp3) is 0.310. The number of nitrogens with two attached hydrogens (primary N) is 1. The van der Waals surface area contributed by atoms with Crippen LogP contribution in [0.3, 0.4) is 0 Å². The zero-order valence-corrected chi connectivity index (χ0v) is 20.4. The molecule has 7 heteroatoms. The second-order valence-electron chi connectivity index (χ2n) is 10.4. The van der Waals surface area contributed by atoms with Gasteiger partial charge in [0.05, 0.1) is 24.0 Å². The number of dihydropyridines is 1. The average molecular weight is 476 g/mol. The number of hydrogen-bond acceptors (Lipinski definition) is 5. The molecule has 2 unspecified atom stereocenters. The van der Waals surface area contributed by atoms with E-state index in [1.54, 1.807) is 6.33 Å². The Labute approximate surface area is 210 Å². The van der Waals surface area contributed by atoms with Gasteiger partial charge < -0.3 is 14.9 Å². The summed E-state index contributed by atoms with van der Waals surface area (Å²) in [6.45, 7) is 0.829. The molecule has 0 bridgehead atoms. The van der Waals surface area contributed by atoms with Crippen molar-refractivity contribution in [1.82, 2.24) is 24.3 Å². The molecule has 4 aromatic rings. The lowest BCUT2D eigenvalue weighted by molar-refractivity contribution is 0.253. The molecule has 0 saturated heterocycles. The zero-order valence-electron chi connectivity index (χ0n) is 20.4. The van der Waals surface area contributed by atoms with Crippen molar-refractivity contribution in [3.05, 3.63) is 95.7 Å². The lowest BCUT2D eigenvalue weighted by Crippen LogP contribution is -2.43. The summed E-state index contributed by atoms with van der Waals surface area (Å²) in [6.07, 6.45) is 10.4. The number of aliphatic imine (C=N–C) groups is 1. The van der Waals surface area contributed by atoms with E-state index in [1.165, 1.54) is 12.0 Å². The van der Waals surface area contributed by atoms with Gasteiger partial charge >= 0.3 is 0 Å². The van der Waals surface area contributed by atoms with E-state index in [0.29, 0.717) is 0 Å². The van der Waals surface area contributed by atoms with Gasteiger partial charge in [-0.25, -0.2) is 4.98 Å². The molecule has 2 N–H and O–H groups in total. The first kappa shape index (κ1) is 21.4. The van der Waals surface area contributed by atoms with Crippen LogP contribution in [0.15, 0.2) is 78.2 Å². The Hall–Kier alpha value is -3.84. The highest BCUT2D eigenvalue weighted by Crippen LogP contribution is 2.41. The summed E-state index contributed by atoms with van der Waals surface area (Å²) in [5.41, 5.74) is 13.0. The van der Waals surface area contributed by atoms with Gasteiger partial charge in [0.2, 0.25) is 0 Å². The third kappa shape index (κ3) is 3.38. The van der Waals surface area contributed by atoms with E-state index in [0.717, 1.165) is 65.6 Å². The number of rotatable bonds is 4. The van der Waals surface area contributed by atoms with Crippen molar-refractivity contribution in [3.8, 4) is 11.5 Å². The molecule has 2 atom stereocenters. The fourth-order valence-electron chi connectivity index (χ4n) is 5.82. The summed E-state index contributed by atoms with van der Waals surface area (Å²) in [7, 11) is 1.97. The summed E-state index contributed by atoms with van der Waals surface area (Å²) < 4.78 is 4.16. The number of hydrogen-bond donors (Lipinski definition) is 1. The molecule has 2 aromatic carbocycles. The standard InChI is InChI=1S/C29H29N7/c1-35-17-25(31-18-35)28-34-33-27-23-16-22(19-6-3-2-4-7-19)26(32-24(23)12-15-36(27)28)20-8-10-21(11-9-20)29(30)13-5-14-29/h2-4,6-11,16-18,23-24H,5,12-15,30H2,1H3. The van der Waals surface area contributed by atoms with Crippen molar-refractivity contribution in [2.75, 3.05) is 0 Å². The van der Waals surface area contributed by atoms with E-state index in [9.17, 15) is 0 Å². The molecule has 4 heterocycles. The molecule has 1 fully saturated rings. The first-order valence-corrected chi connectivity index (χ1v) is 12.8. The average Bonchev–Trinajstić information content (AvgIpc) is 3.53. The molecule has 1 saturated carbocycles. The van der Waals surface area contributed by atoms with Crippen molar-refractivity contribution < 1.29 is 0 Å². The van der Waals surface area contributed by atoms with E-state index < -0.39 is 0 Å². The van der Waals surface area contributed by atoms with Crippen molar-refractivity contribution in [3.63, 3.8) is 0 Å². The second-order valence-corrected chi connectivity index (χ2v) is 10.4. The Kier molecular flexibility index (Phi) is 4.82. The second kappa shape index (κ2) is 8.10. The van der Waals surface area contributed by atoms with Gasteiger partial charge in [0.25, 0.3) is 0 Å². The number of aromatic nitrogens is 5. The van der Waals surface area contributed by atoms with Gasteiger partial charge in [0, 0.05) is 36.5 Å². The van der Waals surface area contributed by atoms with E-state index in [4.69, 9.17) is 10.7 Å². The van der Waals surface area contributed by atoms with Crippen LogP contribution in [-0.2, 0) is 19.1 Å². The van der Waals surface area contributed by atoms with Crippen LogP contribution in [0.5, 0.6) is 0 Å². The molecular weight excluding hydrogens is 446 g/mol. The molecular formula is C29H29N7. The predicted octanol–water partition coefficient (Wildman–Crippen LogP) is 4.46. The summed E-state index contributed by atoms with van der Waals surface area (Å²) >= 11 is 0. The van der Waals surface area contributed by atoms with Crippen molar-refractivity contribution in [2.45, 2.75) is 49.7 Å². The van der Waals surface area contributed by atoms with Crippen molar-refractivity contribution >= 4 is 11.3 Å². The van der Waals surface area contributed by atoms with Crippen LogP contribution < -0.4 is 5.73 Å². The Morgan fingerprint density at radius 3 is 2.47 bits per heavy atom. The monoisotopic (exact) mass is 475 g/mol. The molecule has 2 aromatic heterocycles. The van der Waals surface area contributed by atoms with Crippen molar-refractivity contribution in [1.29, 1.82) is 0 Å². The Bertz CT molecular complexity index is 1490. The molecule has 2 aliphatic heterocycles. The highest BCUT2D eigenvalue weighted by molar-refractivity contribution is 6.32. The number of allylic oxidation sites excluding steroid dienone is 1. The van der Waals surface area contributed by atoms with E-state index in [2.05, 4.69) is 80.4 Å². The van der Waals surface area contributed by atoms with Crippen LogP contribution >= 0.6 is 0 Å². The largest absolute Gasteiger partial charge is 0.340 e. The van der Waals surface area contributed by atoms with Gasteiger partial charge in [-0.2, -0.15) is 0 Å². The Morgan fingerprint density at radius 2 is 1.78 bits per heavy atom. The molecule has 0 amide bonds. The minimum Gasteiger partial charge on any atom is -0.340 e. The SMILES string of the molecule is Cn1cnc(-c2nnc3n2CCC2N=C(c4ccc(C5(N)CCC5)cc4)C(c4ccccc4)=CC32)c1. The maximum Gasteiger partial charge on any atom is 0.184 e. The number of imidazole rings is 1. The topological polar surface area (TPSA) is 86.9 Å². The van der Waals surface area contributed by atoms with E-state index in [-0.39, 0.29) is 17.5 Å². The van der Waals surface area contributed by atoms with E-state index >= 15 is 0 Å². The third-order valence-corrected chi connectivity index (χ3v) is 8.03. The number of fused-ring (bicyclic) bond motifs is 3. The molecule has 36 heavy (non-hydrogen) atoms. The maximum atomic E-state index is 6.59. The van der Waals surface area contributed by atoms with Gasteiger partial charge in [0.1, 0.15) is 11.5 Å². The smallest absolute Gasteiger partial charge is 0.184 e. The lowest BCUT2D eigenvalue weighted by Gasteiger charge is -2.38. The third-order valence-electron chi connectivity index (χ3n) is 8.03. The van der Waals surface area contributed by atoms with Gasteiger partial charge in [0.15, 0.2) is 5.82 Å². The van der Waals surface area contributed by atoms with Gasteiger partial charge in [-0.3, -0.25) is 4.99 Å². The first-order chi connectivity index (χ1) is 17.6. The normalized spacial score (nSPS) is 22.2. The molecule has 180 valence electrons. The minimum absolute atomic E-state index is 0.0734. The number of benzene rings is 2. The minimum atomic E-state index is -0.158. The highest BCUT2D eigenvalue weighted by Gasteiger charge is 2.37. The quantitative estimate of drug-likeness (QED) is 0.472. The highest BCUT2D eigenvalue weighted by atomic mass is 15.3. The predicted molar refractivity (Wildman–Crippen MR) is 140 cm³/mol. The van der Waals surface area contributed by atoms with Crippen LogP contribution in [0.1, 0.15) is 54.1 Å². The molecule has 0 spiro atoms. The molecule has 0 radical (unpaired) electrons. The van der Waals surface area contributed by atoms with Crippen LogP contribution in [0, 0.1) is 0 Å². The fourth-order valence-corrected chi connectivity index (χ4v) is 5.82. The van der Waals surface area contributed by atoms with Gasteiger partial charge in [-0.1, -0.05) is 60.7 Å². The van der Waals surface area contributed by atoms with Gasteiger partial charge in [-0.05, 0) is 36.8 Å². The summed E-state index contributed by atoms with van der Waals surface area (Å²) in [6, 6.07) is 19.5. The van der Waals surface area contributed by atoms with Crippen molar-refractivity contribution in [2.24, 2.45) is 17.8 Å². The van der Waals surface area contributed by atoms with Crippen LogP contribution in [0.4, 0.5) is 0 Å². The zero-order chi connectivity index (χ0) is 24.3. The van der Waals surface area contributed by atoms with Crippen LogP contribution in [-0.4, -0.2) is 36.1 Å². The van der Waals surface area contributed by atoms with Crippen LogP contribution in [0.2, 0.25) is 0 Å². The summed E-state index contributed by atoms with van der Waals surface area (Å²) in [5.74, 6) is 1.87. The molecule has 7 rings (SSSR count). The molecule has 7 nitrogen and oxygen atoms in total. The van der Waals surface area contributed by atoms with Crippen LogP contribution in [0.25, 0.3) is 17.1 Å².